The van der Waals surface area contributed by atoms with Gasteiger partial charge in [-0.3, -0.25) is 4.79 Å². The van der Waals surface area contributed by atoms with Crippen molar-refractivity contribution in [3.8, 4) is 6.07 Å². The molecule has 20 heavy (non-hydrogen) atoms. The number of nitrogens with zero attached hydrogens (tertiary/aromatic N) is 1. The molecule has 1 rings (SSSR count). The van der Waals surface area contributed by atoms with Gasteiger partial charge in [0.2, 0.25) is 0 Å². The fraction of sp³-hybridized carbons (Fsp3) is 0.467. The molecular weight excluding hydrogens is 272 g/mol. The molecule has 0 spiro atoms. The molecule has 0 saturated carbocycles. The van der Waals surface area contributed by atoms with Crippen LogP contribution >= 0.6 is 11.8 Å². The Morgan fingerprint density at radius 2 is 1.95 bits per heavy atom. The Balaban J connectivity index is 3.23. The molecule has 0 atom stereocenters. The van der Waals surface area contributed by atoms with E-state index in [2.05, 4.69) is 11.4 Å². The lowest BCUT2D eigenvalue weighted by atomic mass is 9.74. The molecule has 0 aliphatic carbocycles. The van der Waals surface area contributed by atoms with Crippen molar-refractivity contribution in [2.24, 2.45) is 5.41 Å². The van der Waals surface area contributed by atoms with Crippen LogP contribution in [-0.2, 0) is 4.79 Å². The van der Waals surface area contributed by atoms with Crippen molar-refractivity contribution >= 4 is 23.4 Å². The molecular formula is C15H20N2O2S. The predicted octanol–water partition coefficient (Wildman–Crippen LogP) is 3.58. The molecule has 0 unspecified atom stereocenters. The molecule has 0 fully saturated rings. The maximum absolute atomic E-state index is 11.4. The smallest absolute Gasteiger partial charge is 0.311 e. The Morgan fingerprint density at radius 3 is 2.40 bits per heavy atom. The Labute approximate surface area is 124 Å². The molecule has 5 heteroatoms. The van der Waals surface area contributed by atoms with Gasteiger partial charge in [-0.05, 0) is 46.1 Å². The molecule has 0 aromatic heterocycles. The monoisotopic (exact) mass is 292 g/mol. The lowest BCUT2D eigenvalue weighted by molar-refractivity contribution is -0.149. The maximum atomic E-state index is 11.4. The van der Waals surface area contributed by atoms with Gasteiger partial charge in [0.25, 0.3) is 0 Å². The fourth-order valence-corrected chi connectivity index (χ4v) is 2.26. The first-order valence-electron chi connectivity index (χ1n) is 6.26. The highest BCUT2D eigenvalue weighted by Gasteiger charge is 2.43. The zero-order chi connectivity index (χ0) is 15.6. The number of nitrogens with one attached hydrogen (secondary N) is 1. The van der Waals surface area contributed by atoms with E-state index < -0.39 is 16.9 Å². The summed E-state index contributed by atoms with van der Waals surface area (Å²) in [7, 11) is 0. The van der Waals surface area contributed by atoms with Gasteiger partial charge in [-0.1, -0.05) is 6.07 Å². The van der Waals surface area contributed by atoms with Crippen LogP contribution < -0.4 is 5.32 Å². The van der Waals surface area contributed by atoms with Gasteiger partial charge in [-0.25, -0.2) is 0 Å². The lowest BCUT2D eigenvalue weighted by Crippen LogP contribution is -2.50. The van der Waals surface area contributed by atoms with E-state index in [-0.39, 0.29) is 0 Å². The highest BCUT2D eigenvalue weighted by molar-refractivity contribution is 7.98. The molecule has 0 saturated heterocycles. The summed E-state index contributed by atoms with van der Waals surface area (Å²) < 4.78 is 0. The zero-order valence-corrected chi connectivity index (χ0v) is 13.3. The van der Waals surface area contributed by atoms with Gasteiger partial charge in [0, 0.05) is 10.4 Å². The second-order valence-electron chi connectivity index (χ2n) is 5.67. The molecule has 0 heterocycles. The second-order valence-corrected chi connectivity index (χ2v) is 6.52. The highest BCUT2D eigenvalue weighted by Crippen LogP contribution is 2.36. The SMILES string of the molecule is CSc1cccc(NC(C)(C)C(C)(C)C(=O)O)c1C#N. The minimum atomic E-state index is -0.977. The number of hydrogen-bond acceptors (Lipinski definition) is 4. The quantitative estimate of drug-likeness (QED) is 0.811. The molecule has 0 amide bonds. The number of aliphatic carboxylic acids is 1. The minimum Gasteiger partial charge on any atom is -0.481 e. The van der Waals surface area contributed by atoms with Gasteiger partial charge in [-0.2, -0.15) is 5.26 Å². The molecule has 0 bridgehead atoms. The van der Waals surface area contributed by atoms with Crippen LogP contribution in [0.2, 0.25) is 0 Å². The Kier molecular flexibility index (Phi) is 4.72. The summed E-state index contributed by atoms with van der Waals surface area (Å²) in [6.07, 6.45) is 1.91. The van der Waals surface area contributed by atoms with Crippen LogP contribution in [-0.4, -0.2) is 22.9 Å². The fourth-order valence-electron chi connectivity index (χ4n) is 1.68. The van der Waals surface area contributed by atoms with E-state index in [1.54, 1.807) is 19.9 Å². The maximum Gasteiger partial charge on any atom is 0.311 e. The van der Waals surface area contributed by atoms with Gasteiger partial charge in [0.1, 0.15) is 6.07 Å². The van der Waals surface area contributed by atoms with E-state index in [4.69, 9.17) is 0 Å². The van der Waals surface area contributed by atoms with E-state index in [0.29, 0.717) is 11.3 Å². The molecule has 0 aliphatic heterocycles. The average Bonchev–Trinajstić information content (AvgIpc) is 2.37. The molecule has 108 valence electrons. The predicted molar refractivity (Wildman–Crippen MR) is 82.1 cm³/mol. The van der Waals surface area contributed by atoms with Gasteiger partial charge < -0.3 is 10.4 Å². The van der Waals surface area contributed by atoms with Crippen molar-refractivity contribution in [3.05, 3.63) is 23.8 Å². The summed E-state index contributed by atoms with van der Waals surface area (Å²) in [6, 6.07) is 7.73. The summed E-state index contributed by atoms with van der Waals surface area (Å²) in [5.74, 6) is -0.880. The topological polar surface area (TPSA) is 73.1 Å². The van der Waals surface area contributed by atoms with Crippen LogP contribution in [0.5, 0.6) is 0 Å². The lowest BCUT2D eigenvalue weighted by Gasteiger charge is -2.40. The largest absolute Gasteiger partial charge is 0.481 e. The Bertz CT molecular complexity index is 559. The number of anilines is 1. The van der Waals surface area contributed by atoms with Gasteiger partial charge in [-0.15, -0.1) is 11.8 Å². The van der Waals surface area contributed by atoms with E-state index in [0.717, 1.165) is 4.90 Å². The number of nitriles is 1. The molecule has 1 aromatic rings. The van der Waals surface area contributed by atoms with Crippen molar-refractivity contribution in [3.63, 3.8) is 0 Å². The van der Waals surface area contributed by atoms with E-state index in [1.807, 2.05) is 32.2 Å². The number of hydrogen-bond donors (Lipinski definition) is 2. The van der Waals surface area contributed by atoms with Gasteiger partial charge in [0.15, 0.2) is 0 Å². The number of carbonyl (C=O) groups is 1. The Hall–Kier alpha value is -1.67. The normalized spacial score (nSPS) is 11.8. The number of thioether (sulfide) groups is 1. The van der Waals surface area contributed by atoms with E-state index >= 15 is 0 Å². The van der Waals surface area contributed by atoms with E-state index in [9.17, 15) is 15.2 Å². The summed E-state index contributed by atoms with van der Waals surface area (Å²) in [5.41, 5.74) is -0.468. The van der Waals surface area contributed by atoms with Crippen LogP contribution in [0, 0.1) is 16.7 Å². The number of carboxylic acid groups (broad SMARTS) is 1. The number of benzene rings is 1. The third-order valence-electron chi connectivity index (χ3n) is 3.90. The highest BCUT2D eigenvalue weighted by atomic mass is 32.2. The van der Waals surface area contributed by atoms with Gasteiger partial charge >= 0.3 is 5.97 Å². The molecule has 0 aliphatic rings. The van der Waals surface area contributed by atoms with E-state index in [1.165, 1.54) is 11.8 Å². The van der Waals surface area contributed by atoms with Crippen molar-refractivity contribution < 1.29 is 9.90 Å². The molecule has 4 nitrogen and oxygen atoms in total. The molecule has 2 N–H and O–H groups in total. The minimum absolute atomic E-state index is 0.550. The first-order chi connectivity index (χ1) is 9.17. The molecule has 1 aromatic carbocycles. The summed E-state index contributed by atoms with van der Waals surface area (Å²) in [4.78, 5) is 12.3. The number of rotatable bonds is 5. The van der Waals surface area contributed by atoms with Crippen molar-refractivity contribution in [2.75, 3.05) is 11.6 Å². The first kappa shape index (κ1) is 16.4. The second kappa shape index (κ2) is 5.76. The van der Waals surface area contributed by atoms with Crippen molar-refractivity contribution in [2.45, 2.75) is 38.1 Å². The third-order valence-corrected chi connectivity index (χ3v) is 4.68. The Morgan fingerprint density at radius 1 is 1.35 bits per heavy atom. The average molecular weight is 292 g/mol. The van der Waals surface area contributed by atoms with Crippen LogP contribution in [0.4, 0.5) is 5.69 Å². The van der Waals surface area contributed by atoms with Crippen molar-refractivity contribution in [1.29, 1.82) is 5.26 Å². The van der Waals surface area contributed by atoms with Crippen LogP contribution in [0.1, 0.15) is 33.3 Å². The summed E-state index contributed by atoms with van der Waals surface area (Å²) in [5, 5.41) is 21.9. The van der Waals surface area contributed by atoms with Crippen LogP contribution in [0.25, 0.3) is 0 Å². The van der Waals surface area contributed by atoms with Crippen molar-refractivity contribution in [1.82, 2.24) is 0 Å². The zero-order valence-electron chi connectivity index (χ0n) is 12.4. The first-order valence-corrected chi connectivity index (χ1v) is 7.48. The summed E-state index contributed by atoms with van der Waals surface area (Å²) >= 11 is 1.50. The third kappa shape index (κ3) is 2.91. The van der Waals surface area contributed by atoms with Crippen LogP contribution in [0.3, 0.4) is 0 Å². The standard InChI is InChI=1S/C15H20N2O2S/c1-14(2,13(18)19)15(3,4)17-11-7-6-8-12(20-5)10(11)9-16/h6-8,17H,1-5H3,(H,18,19). The number of carboxylic acids is 1. The molecule has 0 radical (unpaired) electrons. The van der Waals surface area contributed by atoms with Gasteiger partial charge in [0.05, 0.1) is 16.7 Å². The van der Waals surface area contributed by atoms with Crippen LogP contribution in [0.15, 0.2) is 23.1 Å². The summed E-state index contributed by atoms with van der Waals surface area (Å²) in [6.45, 7) is 7.00.